The number of hydrogen-bond donors (Lipinski definition) is 1. The molecule has 2 aromatic rings. The van der Waals surface area contributed by atoms with Gasteiger partial charge in [0.2, 0.25) is 10.0 Å². The van der Waals surface area contributed by atoms with Gasteiger partial charge in [-0.1, -0.05) is 35.4 Å². The Morgan fingerprint density at radius 3 is 1.93 bits per heavy atom. The molecule has 0 saturated carbocycles. The third-order valence-electron chi connectivity index (χ3n) is 4.67. The molecule has 1 aliphatic heterocycles. The molecule has 0 amide bonds. The first-order chi connectivity index (χ1) is 13.1. The summed E-state index contributed by atoms with van der Waals surface area (Å²) in [7, 11) is -7.83. The van der Waals surface area contributed by atoms with Crippen LogP contribution in [0.2, 0.25) is 0 Å². The largest absolute Gasteiger partial charge is 0.395 e. The molecule has 28 heavy (non-hydrogen) atoms. The highest BCUT2D eigenvalue weighted by Gasteiger charge is 2.45. The number of sulfone groups is 1. The van der Waals surface area contributed by atoms with Crippen molar-refractivity contribution in [1.29, 1.82) is 0 Å². The number of nitrogens with zero attached hydrogens (tertiary/aromatic N) is 1. The predicted molar refractivity (Wildman–Crippen MR) is 104 cm³/mol. The van der Waals surface area contributed by atoms with Gasteiger partial charge in [0.25, 0.3) is 0 Å². The zero-order chi connectivity index (χ0) is 20.5. The molecule has 1 fully saturated rings. The lowest BCUT2D eigenvalue weighted by molar-refractivity contribution is 0.0868. The summed E-state index contributed by atoms with van der Waals surface area (Å²) in [4.78, 5) is 0.126. The maximum absolute atomic E-state index is 13.1. The van der Waals surface area contributed by atoms with E-state index in [1.165, 1.54) is 24.3 Å². The maximum atomic E-state index is 13.1. The van der Waals surface area contributed by atoms with Gasteiger partial charge in [-0.05, 0) is 38.1 Å². The van der Waals surface area contributed by atoms with E-state index in [0.717, 1.165) is 15.4 Å². The number of ether oxygens (including phenoxy) is 1. The van der Waals surface area contributed by atoms with Crippen molar-refractivity contribution in [3.05, 3.63) is 59.7 Å². The quantitative estimate of drug-likeness (QED) is 0.752. The van der Waals surface area contributed by atoms with Crippen LogP contribution in [-0.4, -0.2) is 57.5 Å². The summed E-state index contributed by atoms with van der Waals surface area (Å²) in [5, 5.41) is 9.62. The van der Waals surface area contributed by atoms with Crippen LogP contribution in [-0.2, 0) is 24.6 Å². The van der Waals surface area contributed by atoms with E-state index in [-0.39, 0.29) is 16.4 Å². The maximum Gasteiger partial charge on any atom is 0.245 e. The van der Waals surface area contributed by atoms with E-state index in [2.05, 4.69) is 0 Å². The molecule has 0 aromatic heterocycles. The molecular formula is C19H23NO6S2. The fraction of sp³-hybridized carbons (Fsp3) is 0.368. The van der Waals surface area contributed by atoms with E-state index in [1.54, 1.807) is 24.3 Å². The van der Waals surface area contributed by atoms with Crippen LogP contribution in [0.4, 0.5) is 0 Å². The van der Waals surface area contributed by atoms with Gasteiger partial charge in [0.15, 0.2) is 9.84 Å². The summed E-state index contributed by atoms with van der Waals surface area (Å²) in [5.41, 5.74) is 1.81. The van der Waals surface area contributed by atoms with E-state index in [0.29, 0.717) is 0 Å². The normalized spacial score (nSPS) is 21.1. The lowest BCUT2D eigenvalue weighted by atomic mass is 10.2. The van der Waals surface area contributed by atoms with Crippen molar-refractivity contribution in [2.45, 2.75) is 35.9 Å². The number of aliphatic hydroxyl groups excluding tert-OH is 1. The Balaban J connectivity index is 1.94. The van der Waals surface area contributed by atoms with Crippen molar-refractivity contribution in [2.24, 2.45) is 0 Å². The molecule has 0 bridgehead atoms. The van der Waals surface area contributed by atoms with Crippen molar-refractivity contribution < 1.29 is 26.7 Å². The van der Waals surface area contributed by atoms with Gasteiger partial charge in [0, 0.05) is 0 Å². The second-order valence-electron chi connectivity index (χ2n) is 6.87. The molecule has 0 aliphatic carbocycles. The number of aliphatic hydroxyl groups is 1. The van der Waals surface area contributed by atoms with Crippen LogP contribution < -0.4 is 0 Å². The lowest BCUT2D eigenvalue weighted by Gasteiger charge is -2.26. The van der Waals surface area contributed by atoms with E-state index in [9.17, 15) is 21.9 Å². The minimum Gasteiger partial charge on any atom is -0.395 e. The Morgan fingerprint density at radius 2 is 1.43 bits per heavy atom. The molecule has 7 nitrogen and oxygen atoms in total. The second-order valence-corrected chi connectivity index (χ2v) is 10.7. The zero-order valence-corrected chi connectivity index (χ0v) is 17.3. The number of benzene rings is 2. The van der Waals surface area contributed by atoms with Gasteiger partial charge < -0.3 is 9.84 Å². The third-order valence-corrected chi connectivity index (χ3v) is 8.34. The number of rotatable bonds is 6. The van der Waals surface area contributed by atoms with Crippen LogP contribution in [0.25, 0.3) is 0 Å². The Kier molecular flexibility index (Phi) is 5.92. The summed E-state index contributed by atoms with van der Waals surface area (Å²) in [6.45, 7) is 3.14. The fourth-order valence-electron chi connectivity index (χ4n) is 3.07. The highest BCUT2D eigenvalue weighted by molar-refractivity contribution is 7.91. The van der Waals surface area contributed by atoms with Crippen molar-refractivity contribution in [2.75, 3.05) is 19.0 Å². The van der Waals surface area contributed by atoms with Crippen molar-refractivity contribution in [3.63, 3.8) is 0 Å². The van der Waals surface area contributed by atoms with Crippen LogP contribution >= 0.6 is 0 Å². The number of hydrogen-bond acceptors (Lipinski definition) is 6. The molecule has 2 aromatic carbocycles. The summed E-state index contributed by atoms with van der Waals surface area (Å²) < 4.78 is 58.3. The SMILES string of the molecule is Cc1ccc(S(=O)(=O)C[C@@H]2OC[C@H](CO)N2S(=O)(=O)c2ccc(C)cc2)cc1. The molecule has 2 atom stereocenters. The molecule has 1 heterocycles. The van der Waals surface area contributed by atoms with Crippen LogP contribution in [0.5, 0.6) is 0 Å². The van der Waals surface area contributed by atoms with Gasteiger partial charge in [-0.3, -0.25) is 0 Å². The number of sulfonamides is 1. The summed E-state index contributed by atoms with van der Waals surface area (Å²) in [5.74, 6) is -0.530. The Labute approximate surface area is 165 Å². The summed E-state index contributed by atoms with van der Waals surface area (Å²) in [6.07, 6.45) is -1.21. The molecule has 1 saturated heterocycles. The average molecular weight is 426 g/mol. The Morgan fingerprint density at radius 1 is 0.929 bits per heavy atom. The molecule has 0 spiro atoms. The highest BCUT2D eigenvalue weighted by Crippen LogP contribution is 2.29. The molecule has 9 heteroatoms. The predicted octanol–water partition coefficient (Wildman–Crippen LogP) is 1.49. The molecule has 152 valence electrons. The van der Waals surface area contributed by atoms with Gasteiger partial charge in [-0.2, -0.15) is 4.31 Å². The Bertz CT molecular complexity index is 1030. The topological polar surface area (TPSA) is 101 Å². The summed E-state index contributed by atoms with van der Waals surface area (Å²) in [6, 6.07) is 11.7. The minimum absolute atomic E-state index is 0.0276. The molecular weight excluding hydrogens is 402 g/mol. The molecule has 3 rings (SSSR count). The van der Waals surface area contributed by atoms with E-state index < -0.39 is 44.5 Å². The van der Waals surface area contributed by atoms with E-state index in [4.69, 9.17) is 4.74 Å². The van der Waals surface area contributed by atoms with Crippen molar-refractivity contribution in [3.8, 4) is 0 Å². The van der Waals surface area contributed by atoms with E-state index >= 15 is 0 Å². The highest BCUT2D eigenvalue weighted by atomic mass is 32.2. The van der Waals surface area contributed by atoms with Crippen LogP contribution in [0.3, 0.4) is 0 Å². The Hall–Kier alpha value is -1.78. The fourth-order valence-corrected chi connectivity index (χ4v) is 6.23. The standard InChI is InChI=1S/C19H23NO6S2/c1-14-3-7-17(8-4-14)27(22,23)13-19-20(16(11-21)12-26-19)28(24,25)18-9-5-15(2)6-10-18/h3-10,16,19,21H,11-13H2,1-2H3/t16-,19-/m0/s1. The first-order valence-corrected chi connectivity index (χ1v) is 11.9. The van der Waals surface area contributed by atoms with Crippen molar-refractivity contribution in [1.82, 2.24) is 4.31 Å². The zero-order valence-electron chi connectivity index (χ0n) is 15.6. The lowest BCUT2D eigenvalue weighted by Crippen LogP contribution is -2.46. The monoisotopic (exact) mass is 425 g/mol. The van der Waals surface area contributed by atoms with Gasteiger partial charge in [0.1, 0.15) is 6.23 Å². The second kappa shape index (κ2) is 7.92. The van der Waals surface area contributed by atoms with Crippen molar-refractivity contribution >= 4 is 19.9 Å². The van der Waals surface area contributed by atoms with Gasteiger partial charge >= 0.3 is 0 Å². The first kappa shape index (κ1) is 20.9. The van der Waals surface area contributed by atoms with E-state index in [1.807, 2.05) is 13.8 Å². The first-order valence-electron chi connectivity index (χ1n) is 8.77. The van der Waals surface area contributed by atoms with Crippen LogP contribution in [0.15, 0.2) is 58.3 Å². The third kappa shape index (κ3) is 4.13. The number of aryl methyl sites for hydroxylation is 2. The van der Waals surface area contributed by atoms with Gasteiger partial charge in [-0.25, -0.2) is 16.8 Å². The van der Waals surface area contributed by atoms with Gasteiger partial charge in [0.05, 0.1) is 34.8 Å². The smallest absolute Gasteiger partial charge is 0.245 e. The molecule has 0 radical (unpaired) electrons. The average Bonchev–Trinajstić information content (AvgIpc) is 3.05. The van der Waals surface area contributed by atoms with Gasteiger partial charge in [-0.15, -0.1) is 0 Å². The van der Waals surface area contributed by atoms with Crippen LogP contribution in [0, 0.1) is 13.8 Å². The molecule has 1 aliphatic rings. The summed E-state index contributed by atoms with van der Waals surface area (Å²) >= 11 is 0. The molecule has 1 N–H and O–H groups in total. The molecule has 0 unspecified atom stereocenters. The minimum atomic E-state index is -4.04. The van der Waals surface area contributed by atoms with Crippen LogP contribution in [0.1, 0.15) is 11.1 Å².